The van der Waals surface area contributed by atoms with Gasteiger partial charge in [-0.15, -0.1) is 0 Å². The zero-order valence-electron chi connectivity index (χ0n) is 24.0. The monoisotopic (exact) mass is 547 g/mol. The molecule has 3 fully saturated rings. The lowest BCUT2D eigenvalue weighted by atomic mass is 9.89. The molecule has 1 unspecified atom stereocenters. The van der Waals surface area contributed by atoms with Crippen LogP contribution in [0.25, 0.3) is 0 Å². The number of hydrogen-bond donors (Lipinski definition) is 0. The molecule has 0 bridgehead atoms. The van der Waals surface area contributed by atoms with Gasteiger partial charge in [0.25, 0.3) is 0 Å². The van der Waals surface area contributed by atoms with Crippen molar-refractivity contribution in [3.8, 4) is 0 Å². The van der Waals surface area contributed by atoms with E-state index in [0.29, 0.717) is 5.92 Å². The molecule has 0 aromatic heterocycles. The lowest BCUT2D eigenvalue weighted by Crippen LogP contribution is -2.39. The predicted molar refractivity (Wildman–Crippen MR) is 164 cm³/mol. The van der Waals surface area contributed by atoms with E-state index in [-0.39, 0.29) is 0 Å². The van der Waals surface area contributed by atoms with Gasteiger partial charge in [0.1, 0.15) is 0 Å². The maximum absolute atomic E-state index is 2.83. The smallest absolute Gasteiger partial charge is 0.0361 e. The summed E-state index contributed by atoms with van der Waals surface area (Å²) < 4.78 is 8.02. The van der Waals surface area contributed by atoms with Crippen molar-refractivity contribution in [3.63, 3.8) is 0 Å². The maximum atomic E-state index is 2.83. The molecule has 4 rings (SSSR count). The van der Waals surface area contributed by atoms with E-state index in [9.17, 15) is 0 Å². The Labute approximate surface area is 237 Å². The van der Waals surface area contributed by atoms with Crippen molar-refractivity contribution in [1.82, 2.24) is 17.8 Å². The fourth-order valence-electron chi connectivity index (χ4n) is 6.13. The number of piperidine rings is 1. The molecule has 5 nitrogen and oxygen atoms in total. The van der Waals surface area contributed by atoms with Crippen LogP contribution in [0.1, 0.15) is 71.1 Å². The van der Waals surface area contributed by atoms with Gasteiger partial charge in [-0.05, 0) is 99.7 Å². The van der Waals surface area contributed by atoms with E-state index < -0.39 is 0 Å². The van der Waals surface area contributed by atoms with Crippen LogP contribution >= 0.6 is 24.1 Å². The Bertz CT molecular complexity index is 749. The van der Waals surface area contributed by atoms with E-state index in [1.807, 2.05) is 11.9 Å². The van der Waals surface area contributed by atoms with Gasteiger partial charge in [-0.2, -0.15) is 0 Å². The molecular weight excluding hydrogens is 494 g/mol. The minimum atomic E-state index is 0.656. The third kappa shape index (κ3) is 10.6. The first-order valence-corrected chi connectivity index (χ1v) is 16.7. The van der Waals surface area contributed by atoms with Gasteiger partial charge < -0.3 is 9.80 Å². The maximum Gasteiger partial charge on any atom is 0.0361 e. The van der Waals surface area contributed by atoms with Crippen LogP contribution in [0.3, 0.4) is 0 Å². The normalized spacial score (nSPS) is 25.4. The highest BCUT2D eigenvalue weighted by Gasteiger charge is 2.22. The van der Waals surface area contributed by atoms with Crippen molar-refractivity contribution >= 4 is 29.8 Å². The summed E-state index contributed by atoms with van der Waals surface area (Å²) in [5, 5.41) is 0. The second-order valence-electron chi connectivity index (χ2n) is 11.9. The molecule has 1 saturated carbocycles. The molecule has 2 aliphatic heterocycles. The van der Waals surface area contributed by atoms with Crippen LogP contribution in [0.15, 0.2) is 29.2 Å². The van der Waals surface area contributed by atoms with Crippen LogP contribution in [0.4, 0.5) is 5.69 Å². The second kappa shape index (κ2) is 16.0. The SMILES string of the molecule is CC1CN(Sc2ccc(N(C)C)cc2)CCCN(CC2CCCCC2)CCCN(SN2CCCCC2)C1. The van der Waals surface area contributed by atoms with Crippen molar-refractivity contribution in [2.75, 3.05) is 77.9 Å². The summed E-state index contributed by atoms with van der Waals surface area (Å²) in [6.07, 6.45) is 14.0. The molecule has 1 atom stereocenters. The van der Waals surface area contributed by atoms with Gasteiger partial charge in [0.2, 0.25) is 0 Å². The summed E-state index contributed by atoms with van der Waals surface area (Å²) in [4.78, 5) is 6.38. The topological polar surface area (TPSA) is 16.2 Å². The summed E-state index contributed by atoms with van der Waals surface area (Å²) in [5.74, 6) is 1.59. The van der Waals surface area contributed by atoms with E-state index in [2.05, 4.69) is 80.1 Å². The molecule has 7 heteroatoms. The summed E-state index contributed by atoms with van der Waals surface area (Å²) in [7, 11) is 4.24. The highest BCUT2D eigenvalue weighted by molar-refractivity contribution is 7.97. The number of anilines is 1. The van der Waals surface area contributed by atoms with Gasteiger partial charge in [-0.3, -0.25) is 0 Å². The Morgan fingerprint density at radius 2 is 1.30 bits per heavy atom. The minimum absolute atomic E-state index is 0.656. The molecule has 3 aliphatic rings. The summed E-state index contributed by atoms with van der Waals surface area (Å²) in [6.45, 7) is 13.5. The minimum Gasteiger partial charge on any atom is -0.378 e. The molecule has 0 N–H and O–H groups in total. The van der Waals surface area contributed by atoms with E-state index in [4.69, 9.17) is 0 Å². The van der Waals surface area contributed by atoms with Gasteiger partial charge in [0, 0.05) is 82.6 Å². The first-order chi connectivity index (χ1) is 18.0. The standard InChI is InChI=1S/C30H53N5S2/c1-27-24-34(36-30-16-14-29(15-17-30)31(2)3)22-10-18-32(26-28-12-6-4-7-13-28)19-11-23-35(25-27)37-33-20-8-5-9-21-33/h14-17,27-28H,4-13,18-26H2,1-3H3. The third-order valence-electron chi connectivity index (χ3n) is 8.17. The summed E-state index contributed by atoms with van der Waals surface area (Å²) >= 11 is 4.03. The van der Waals surface area contributed by atoms with Crippen LogP contribution in [0.2, 0.25) is 0 Å². The first kappa shape index (κ1) is 29.5. The Balaban J connectivity index is 1.40. The molecule has 1 aromatic rings. The van der Waals surface area contributed by atoms with Crippen LogP contribution in [-0.2, 0) is 0 Å². The molecule has 0 amide bonds. The van der Waals surface area contributed by atoms with E-state index in [1.165, 1.54) is 127 Å². The van der Waals surface area contributed by atoms with Crippen molar-refractivity contribution < 1.29 is 0 Å². The molecule has 210 valence electrons. The average Bonchev–Trinajstić information content (AvgIpc) is 2.89. The fraction of sp³-hybridized carbons (Fsp3) is 0.800. The van der Waals surface area contributed by atoms with Gasteiger partial charge >= 0.3 is 0 Å². The highest BCUT2D eigenvalue weighted by atomic mass is 32.2. The molecular formula is C30H53N5S2. The molecule has 2 heterocycles. The number of hydrogen-bond acceptors (Lipinski definition) is 7. The molecule has 2 saturated heterocycles. The third-order valence-corrected chi connectivity index (χ3v) is 10.4. The van der Waals surface area contributed by atoms with Crippen molar-refractivity contribution in [1.29, 1.82) is 0 Å². The number of nitrogens with zero attached hydrogens (tertiary/aromatic N) is 5. The van der Waals surface area contributed by atoms with E-state index in [0.717, 1.165) is 12.5 Å². The zero-order chi connectivity index (χ0) is 25.9. The highest BCUT2D eigenvalue weighted by Crippen LogP contribution is 2.29. The van der Waals surface area contributed by atoms with Crippen LogP contribution < -0.4 is 4.90 Å². The van der Waals surface area contributed by atoms with Gasteiger partial charge in [0.05, 0.1) is 0 Å². The van der Waals surface area contributed by atoms with E-state index in [1.54, 1.807) is 0 Å². The predicted octanol–water partition coefficient (Wildman–Crippen LogP) is 6.73. The second-order valence-corrected chi connectivity index (χ2v) is 14.3. The quantitative estimate of drug-likeness (QED) is 0.348. The van der Waals surface area contributed by atoms with Crippen LogP contribution in [0, 0.1) is 11.8 Å². The van der Waals surface area contributed by atoms with Crippen molar-refractivity contribution in [3.05, 3.63) is 24.3 Å². The van der Waals surface area contributed by atoms with Crippen molar-refractivity contribution in [2.24, 2.45) is 11.8 Å². The average molecular weight is 548 g/mol. The summed E-state index contributed by atoms with van der Waals surface area (Å²) in [6, 6.07) is 9.11. The molecule has 1 aromatic carbocycles. The van der Waals surface area contributed by atoms with Gasteiger partial charge in [-0.25, -0.2) is 12.9 Å². The number of benzene rings is 1. The largest absolute Gasteiger partial charge is 0.378 e. The Morgan fingerprint density at radius 1 is 0.703 bits per heavy atom. The first-order valence-electron chi connectivity index (χ1n) is 15.2. The lowest BCUT2D eigenvalue weighted by molar-refractivity contribution is 0.183. The zero-order valence-corrected chi connectivity index (χ0v) is 25.6. The Kier molecular flexibility index (Phi) is 12.8. The molecule has 0 radical (unpaired) electrons. The summed E-state index contributed by atoms with van der Waals surface area (Å²) in [5.41, 5.74) is 1.27. The van der Waals surface area contributed by atoms with Crippen molar-refractivity contribution in [2.45, 2.75) is 76.0 Å². The van der Waals surface area contributed by atoms with Gasteiger partial charge in [-0.1, -0.05) is 32.6 Å². The molecule has 37 heavy (non-hydrogen) atoms. The molecule has 1 aliphatic carbocycles. The number of rotatable bonds is 7. The fourth-order valence-corrected chi connectivity index (χ4v) is 8.51. The van der Waals surface area contributed by atoms with Gasteiger partial charge in [0.15, 0.2) is 0 Å². The molecule has 0 spiro atoms. The van der Waals surface area contributed by atoms with E-state index >= 15 is 0 Å². The van der Waals surface area contributed by atoms with Crippen LogP contribution in [0.5, 0.6) is 0 Å². The van der Waals surface area contributed by atoms with Crippen LogP contribution in [-0.4, -0.2) is 90.8 Å². The Morgan fingerprint density at radius 3 is 1.97 bits per heavy atom. The Hall–Kier alpha value is -0.440. The lowest BCUT2D eigenvalue weighted by Gasteiger charge is -2.35.